The molecule has 0 radical (unpaired) electrons. The molecule has 0 unspecified atom stereocenters. The summed E-state index contributed by atoms with van der Waals surface area (Å²) in [5, 5.41) is 10.7. The van der Waals surface area contributed by atoms with Gasteiger partial charge in [-0.3, -0.25) is 9.89 Å². The van der Waals surface area contributed by atoms with Crippen LogP contribution < -0.4 is 5.32 Å². The van der Waals surface area contributed by atoms with Gasteiger partial charge in [-0.15, -0.1) is 0 Å². The molecule has 0 atom stereocenters. The maximum absolute atomic E-state index is 13.4. The Labute approximate surface area is 215 Å². The molecular formula is C26H22F2N8O2. The smallest absolute Gasteiger partial charge is 0.282 e. The van der Waals surface area contributed by atoms with Gasteiger partial charge in [-0.1, -0.05) is 24.3 Å². The molecule has 0 aliphatic carbocycles. The number of hydrogen-bond donors (Lipinski definition) is 2. The summed E-state index contributed by atoms with van der Waals surface area (Å²) in [6.45, 7) is -1.09. The number of alkyl halides is 2. The molecule has 1 amide bonds. The van der Waals surface area contributed by atoms with Crippen LogP contribution in [0.2, 0.25) is 0 Å². The Kier molecular flexibility index (Phi) is 5.80. The zero-order valence-corrected chi connectivity index (χ0v) is 20.2. The minimum Gasteiger partial charge on any atom is -0.364 e. The molecular weight excluding hydrogens is 494 g/mol. The van der Waals surface area contributed by atoms with E-state index >= 15 is 0 Å². The molecule has 3 aromatic heterocycles. The minimum atomic E-state index is -2.84. The van der Waals surface area contributed by atoms with Gasteiger partial charge in [-0.05, 0) is 29.8 Å². The molecule has 10 nitrogen and oxygen atoms in total. The van der Waals surface area contributed by atoms with Gasteiger partial charge in [0.15, 0.2) is 5.82 Å². The molecule has 0 saturated carbocycles. The van der Waals surface area contributed by atoms with Crippen molar-refractivity contribution in [3.63, 3.8) is 0 Å². The van der Waals surface area contributed by atoms with Gasteiger partial charge in [0.2, 0.25) is 5.95 Å². The van der Waals surface area contributed by atoms with Crippen molar-refractivity contribution in [2.45, 2.75) is 12.7 Å². The van der Waals surface area contributed by atoms with E-state index in [1.165, 1.54) is 13.4 Å². The highest BCUT2D eigenvalue weighted by molar-refractivity contribution is 6.00. The van der Waals surface area contributed by atoms with Crippen molar-refractivity contribution in [3.05, 3.63) is 72.9 Å². The van der Waals surface area contributed by atoms with Crippen LogP contribution in [0.5, 0.6) is 0 Å². The predicted octanol–water partition coefficient (Wildman–Crippen LogP) is 4.32. The number of H-pyrrole nitrogens is 1. The fourth-order valence-electron chi connectivity index (χ4n) is 4.44. The van der Waals surface area contributed by atoms with Crippen molar-refractivity contribution < 1.29 is 18.3 Å². The van der Waals surface area contributed by atoms with E-state index in [1.807, 2.05) is 48.7 Å². The number of aromatic amines is 1. The number of fused-ring (bicyclic) bond motifs is 1. The first-order valence-corrected chi connectivity index (χ1v) is 11.8. The fraction of sp³-hybridized carbons (Fsp3) is 0.192. The second kappa shape index (κ2) is 9.30. The van der Waals surface area contributed by atoms with E-state index in [0.717, 1.165) is 27.1 Å². The molecule has 1 aliphatic rings. The number of anilines is 2. The standard InChI is InChI=1S/C26H22F2N8O2/c1-38-15-36-21-9-18(3-2-17(21)8-22(36)24(37)35-12-26(27,28)13-35)23-29-14-30-25(34-23)33-20-6-4-16(5-7-20)19-10-31-32-11-19/h2-11,14H,12-13,15H2,1H3,(H,31,32)(H,29,30,33,34). The number of rotatable bonds is 7. The zero-order chi connectivity index (χ0) is 26.3. The van der Waals surface area contributed by atoms with Crippen molar-refractivity contribution in [1.29, 1.82) is 0 Å². The highest BCUT2D eigenvalue weighted by atomic mass is 19.3. The number of carbonyl (C=O) groups is 1. The molecule has 38 heavy (non-hydrogen) atoms. The number of benzene rings is 2. The number of hydrogen-bond acceptors (Lipinski definition) is 7. The first kappa shape index (κ1) is 23.7. The van der Waals surface area contributed by atoms with E-state index in [1.54, 1.807) is 16.8 Å². The van der Waals surface area contributed by atoms with Crippen LogP contribution in [-0.2, 0) is 11.5 Å². The van der Waals surface area contributed by atoms with Crippen LogP contribution in [0.15, 0.2) is 67.3 Å². The normalized spacial score (nSPS) is 14.4. The Morgan fingerprint density at radius 3 is 2.58 bits per heavy atom. The lowest BCUT2D eigenvalue weighted by Crippen LogP contribution is -2.58. The summed E-state index contributed by atoms with van der Waals surface area (Å²) in [4.78, 5) is 27.1. The van der Waals surface area contributed by atoms with Crippen LogP contribution in [0.25, 0.3) is 33.4 Å². The van der Waals surface area contributed by atoms with Crippen molar-refractivity contribution in [3.8, 4) is 22.5 Å². The summed E-state index contributed by atoms with van der Waals surface area (Å²) in [6.07, 6.45) is 4.99. The summed E-state index contributed by atoms with van der Waals surface area (Å²) in [5.41, 5.74) is 4.49. The second-order valence-electron chi connectivity index (χ2n) is 8.99. The first-order valence-electron chi connectivity index (χ1n) is 11.8. The monoisotopic (exact) mass is 516 g/mol. The Morgan fingerprint density at radius 1 is 1.08 bits per heavy atom. The number of carbonyl (C=O) groups excluding carboxylic acids is 1. The molecule has 0 bridgehead atoms. The number of aromatic nitrogens is 6. The van der Waals surface area contributed by atoms with Crippen molar-refractivity contribution >= 4 is 28.4 Å². The van der Waals surface area contributed by atoms with Crippen LogP contribution >= 0.6 is 0 Å². The average molecular weight is 517 g/mol. The number of methoxy groups -OCH3 is 1. The Morgan fingerprint density at radius 2 is 1.87 bits per heavy atom. The van der Waals surface area contributed by atoms with E-state index in [0.29, 0.717) is 22.9 Å². The van der Waals surface area contributed by atoms with E-state index in [2.05, 4.69) is 30.5 Å². The predicted molar refractivity (Wildman–Crippen MR) is 136 cm³/mol. The van der Waals surface area contributed by atoms with Gasteiger partial charge in [0.05, 0.1) is 24.8 Å². The largest absolute Gasteiger partial charge is 0.364 e. The Balaban J connectivity index is 1.27. The van der Waals surface area contributed by atoms with E-state index < -0.39 is 24.9 Å². The third kappa shape index (κ3) is 4.45. The highest BCUT2D eigenvalue weighted by Crippen LogP contribution is 2.31. The molecule has 6 rings (SSSR count). The lowest BCUT2D eigenvalue weighted by molar-refractivity contribution is -0.113. The van der Waals surface area contributed by atoms with Crippen molar-refractivity contribution in [2.24, 2.45) is 0 Å². The molecule has 2 N–H and O–H groups in total. The van der Waals surface area contributed by atoms with Gasteiger partial charge >= 0.3 is 0 Å². The molecule has 2 aromatic carbocycles. The molecule has 12 heteroatoms. The maximum atomic E-state index is 13.4. The first-order chi connectivity index (χ1) is 18.4. The van der Waals surface area contributed by atoms with Gasteiger partial charge < -0.3 is 19.5 Å². The quantitative estimate of drug-likeness (QED) is 0.331. The summed E-state index contributed by atoms with van der Waals surface area (Å²) >= 11 is 0. The number of nitrogens with zero attached hydrogens (tertiary/aromatic N) is 6. The molecule has 1 saturated heterocycles. The minimum absolute atomic E-state index is 0.0804. The van der Waals surface area contributed by atoms with Gasteiger partial charge in [0, 0.05) is 35.5 Å². The second-order valence-corrected chi connectivity index (χ2v) is 8.99. The van der Waals surface area contributed by atoms with Crippen LogP contribution in [0.3, 0.4) is 0 Å². The molecule has 192 valence electrons. The molecule has 0 spiro atoms. The summed E-state index contributed by atoms with van der Waals surface area (Å²) in [5.74, 6) is -2.50. The Bertz CT molecular complexity index is 1610. The van der Waals surface area contributed by atoms with E-state index in [-0.39, 0.29) is 12.4 Å². The van der Waals surface area contributed by atoms with E-state index in [4.69, 9.17) is 4.74 Å². The Hall–Kier alpha value is -4.71. The molecule has 1 aliphatic heterocycles. The van der Waals surface area contributed by atoms with Gasteiger partial charge in [0.25, 0.3) is 11.8 Å². The number of nitrogens with one attached hydrogen (secondary N) is 2. The maximum Gasteiger partial charge on any atom is 0.282 e. The molecule has 4 heterocycles. The van der Waals surface area contributed by atoms with Gasteiger partial charge in [-0.2, -0.15) is 10.1 Å². The van der Waals surface area contributed by atoms with Gasteiger partial charge in [0.1, 0.15) is 18.8 Å². The lowest BCUT2D eigenvalue weighted by Gasteiger charge is -2.38. The van der Waals surface area contributed by atoms with Crippen molar-refractivity contribution in [1.82, 2.24) is 34.6 Å². The average Bonchev–Trinajstić information content (AvgIpc) is 3.56. The lowest BCUT2D eigenvalue weighted by atomic mass is 10.1. The van der Waals surface area contributed by atoms with E-state index in [9.17, 15) is 13.6 Å². The van der Waals surface area contributed by atoms with Crippen molar-refractivity contribution in [2.75, 3.05) is 25.5 Å². The van der Waals surface area contributed by atoms with Crippen LogP contribution in [0, 0.1) is 0 Å². The number of likely N-dealkylation sites (tertiary alicyclic amines) is 1. The number of halogens is 2. The topological polar surface area (TPSA) is 114 Å². The summed E-state index contributed by atoms with van der Waals surface area (Å²) in [7, 11) is 1.51. The third-order valence-corrected chi connectivity index (χ3v) is 6.32. The summed E-state index contributed by atoms with van der Waals surface area (Å²) < 4.78 is 33.7. The van der Waals surface area contributed by atoms with Crippen LogP contribution in [-0.4, -0.2) is 66.6 Å². The third-order valence-electron chi connectivity index (χ3n) is 6.32. The number of ether oxygens (including phenoxy) is 1. The zero-order valence-electron chi connectivity index (χ0n) is 20.2. The van der Waals surface area contributed by atoms with Crippen LogP contribution in [0.1, 0.15) is 10.5 Å². The van der Waals surface area contributed by atoms with Crippen LogP contribution in [0.4, 0.5) is 20.4 Å². The number of amides is 1. The SMILES string of the molecule is COCn1c(C(=O)N2CC(F)(F)C2)cc2ccc(-c3ncnc(Nc4ccc(-c5cn[nH]c5)cc4)n3)cc21. The highest BCUT2D eigenvalue weighted by Gasteiger charge is 2.47. The fourth-order valence-corrected chi connectivity index (χ4v) is 4.44. The molecule has 5 aromatic rings. The van der Waals surface area contributed by atoms with Gasteiger partial charge in [-0.25, -0.2) is 18.7 Å². The summed E-state index contributed by atoms with van der Waals surface area (Å²) in [6, 6.07) is 15.0. The molecule has 1 fully saturated rings.